The third-order valence-electron chi connectivity index (χ3n) is 4.83. The molecule has 2 amide bonds. The Balaban J connectivity index is 1.41. The summed E-state index contributed by atoms with van der Waals surface area (Å²) in [5, 5.41) is 6.59. The lowest BCUT2D eigenvalue weighted by Gasteiger charge is -2.13. The maximum Gasteiger partial charge on any atom is 0.261 e. The van der Waals surface area contributed by atoms with Gasteiger partial charge in [0.2, 0.25) is 0 Å². The Bertz CT molecular complexity index is 829. The molecular weight excluding hydrogens is 364 g/mol. The minimum absolute atomic E-state index is 0.190. The SMILES string of the molecule is CCNC(=NCCCCN1C(=O)c2ccccc2C1=O)NCCc1ccccc1. The molecule has 1 aliphatic rings. The van der Waals surface area contributed by atoms with Crippen molar-refractivity contribution >= 4 is 17.8 Å². The van der Waals surface area contributed by atoms with Crippen molar-refractivity contribution in [1.82, 2.24) is 15.5 Å². The Morgan fingerprint density at radius 2 is 1.55 bits per heavy atom. The topological polar surface area (TPSA) is 73.8 Å². The quantitative estimate of drug-likeness (QED) is 0.298. The van der Waals surface area contributed by atoms with Crippen molar-refractivity contribution in [2.75, 3.05) is 26.2 Å². The van der Waals surface area contributed by atoms with Gasteiger partial charge in [-0.2, -0.15) is 0 Å². The Hall–Kier alpha value is -3.15. The van der Waals surface area contributed by atoms with Crippen molar-refractivity contribution in [3.63, 3.8) is 0 Å². The molecule has 2 N–H and O–H groups in total. The molecule has 1 aliphatic heterocycles. The van der Waals surface area contributed by atoms with Crippen LogP contribution in [0.3, 0.4) is 0 Å². The molecule has 152 valence electrons. The molecule has 0 atom stereocenters. The summed E-state index contributed by atoms with van der Waals surface area (Å²) in [6.07, 6.45) is 2.48. The highest BCUT2D eigenvalue weighted by atomic mass is 16.2. The monoisotopic (exact) mass is 392 g/mol. The van der Waals surface area contributed by atoms with Crippen LogP contribution < -0.4 is 10.6 Å². The van der Waals surface area contributed by atoms with E-state index in [-0.39, 0.29) is 11.8 Å². The van der Waals surface area contributed by atoms with E-state index in [1.54, 1.807) is 24.3 Å². The van der Waals surface area contributed by atoms with Crippen molar-refractivity contribution in [3.05, 3.63) is 71.3 Å². The van der Waals surface area contributed by atoms with Gasteiger partial charge in [-0.15, -0.1) is 0 Å². The first-order valence-electron chi connectivity index (χ1n) is 10.2. The molecule has 3 rings (SSSR count). The van der Waals surface area contributed by atoms with Crippen molar-refractivity contribution in [2.24, 2.45) is 4.99 Å². The second kappa shape index (κ2) is 10.4. The number of hydrogen-bond acceptors (Lipinski definition) is 3. The van der Waals surface area contributed by atoms with Gasteiger partial charge in [0.15, 0.2) is 5.96 Å². The number of carbonyl (C=O) groups excluding carboxylic acids is 2. The van der Waals surface area contributed by atoms with Crippen LogP contribution in [0.4, 0.5) is 0 Å². The van der Waals surface area contributed by atoms with E-state index < -0.39 is 0 Å². The third kappa shape index (κ3) is 5.44. The van der Waals surface area contributed by atoms with E-state index in [1.165, 1.54) is 10.5 Å². The Morgan fingerprint density at radius 3 is 2.21 bits per heavy atom. The highest BCUT2D eigenvalue weighted by Gasteiger charge is 2.34. The van der Waals surface area contributed by atoms with E-state index in [0.29, 0.717) is 24.2 Å². The molecule has 2 aromatic rings. The molecule has 0 saturated carbocycles. The Morgan fingerprint density at radius 1 is 0.897 bits per heavy atom. The summed E-state index contributed by atoms with van der Waals surface area (Å²) in [7, 11) is 0. The minimum Gasteiger partial charge on any atom is -0.357 e. The van der Waals surface area contributed by atoms with Gasteiger partial charge in [-0.25, -0.2) is 0 Å². The number of benzene rings is 2. The van der Waals surface area contributed by atoms with Gasteiger partial charge >= 0.3 is 0 Å². The van der Waals surface area contributed by atoms with Crippen LogP contribution in [0, 0.1) is 0 Å². The number of imide groups is 1. The number of hydrogen-bond donors (Lipinski definition) is 2. The van der Waals surface area contributed by atoms with Crippen molar-refractivity contribution in [3.8, 4) is 0 Å². The molecule has 6 nitrogen and oxygen atoms in total. The summed E-state index contributed by atoms with van der Waals surface area (Å²) in [5.74, 6) is 0.416. The molecule has 0 saturated heterocycles. The second-order valence-corrected chi connectivity index (χ2v) is 6.94. The molecular formula is C23H28N4O2. The number of guanidine groups is 1. The van der Waals surface area contributed by atoms with Gasteiger partial charge < -0.3 is 10.6 Å². The normalized spacial score (nSPS) is 13.6. The smallest absolute Gasteiger partial charge is 0.261 e. The standard InChI is InChI=1S/C23H28N4O2/c1-2-24-23(26-16-14-18-10-4-3-5-11-18)25-15-8-9-17-27-21(28)19-12-6-7-13-20(19)22(27)29/h3-7,10-13H,2,8-9,14-17H2,1H3,(H2,24,25,26). The molecule has 2 aromatic carbocycles. The van der Waals surface area contributed by atoms with Gasteiger partial charge in [0.25, 0.3) is 11.8 Å². The van der Waals surface area contributed by atoms with Gasteiger partial charge in [0.05, 0.1) is 11.1 Å². The maximum absolute atomic E-state index is 12.4. The number of unbranched alkanes of at least 4 members (excludes halogenated alkanes) is 1. The van der Waals surface area contributed by atoms with Gasteiger partial charge in [-0.3, -0.25) is 19.5 Å². The molecule has 0 aromatic heterocycles. The highest BCUT2D eigenvalue weighted by molar-refractivity contribution is 6.21. The third-order valence-corrected chi connectivity index (χ3v) is 4.83. The predicted octanol–water partition coefficient (Wildman–Crippen LogP) is 2.86. The first-order valence-corrected chi connectivity index (χ1v) is 10.2. The zero-order valence-electron chi connectivity index (χ0n) is 16.9. The molecule has 0 fully saturated rings. The van der Waals surface area contributed by atoms with Gasteiger partial charge in [-0.05, 0) is 43.9 Å². The van der Waals surface area contributed by atoms with E-state index in [0.717, 1.165) is 38.3 Å². The zero-order chi connectivity index (χ0) is 20.5. The predicted molar refractivity (Wildman–Crippen MR) is 115 cm³/mol. The first-order chi connectivity index (χ1) is 14.2. The lowest BCUT2D eigenvalue weighted by Crippen LogP contribution is -2.38. The highest BCUT2D eigenvalue weighted by Crippen LogP contribution is 2.22. The zero-order valence-corrected chi connectivity index (χ0v) is 16.9. The number of aliphatic imine (C=N–C) groups is 1. The maximum atomic E-state index is 12.4. The van der Waals surface area contributed by atoms with Crippen LogP contribution in [0.2, 0.25) is 0 Å². The van der Waals surface area contributed by atoms with E-state index in [9.17, 15) is 9.59 Å². The van der Waals surface area contributed by atoms with Gasteiger partial charge in [0, 0.05) is 26.2 Å². The largest absolute Gasteiger partial charge is 0.357 e. The van der Waals surface area contributed by atoms with Crippen LogP contribution in [0.1, 0.15) is 46.0 Å². The molecule has 29 heavy (non-hydrogen) atoms. The number of amides is 2. The Labute approximate surface area is 172 Å². The summed E-state index contributed by atoms with van der Waals surface area (Å²) >= 11 is 0. The summed E-state index contributed by atoms with van der Waals surface area (Å²) < 4.78 is 0. The van der Waals surface area contributed by atoms with Crippen LogP contribution >= 0.6 is 0 Å². The van der Waals surface area contributed by atoms with Crippen LogP contribution in [-0.4, -0.2) is 48.9 Å². The molecule has 0 aliphatic carbocycles. The molecule has 0 radical (unpaired) electrons. The number of fused-ring (bicyclic) bond motifs is 1. The molecule has 0 spiro atoms. The van der Waals surface area contributed by atoms with E-state index >= 15 is 0 Å². The van der Waals surface area contributed by atoms with Gasteiger partial charge in [0.1, 0.15) is 0 Å². The lowest BCUT2D eigenvalue weighted by molar-refractivity contribution is 0.0652. The fourth-order valence-corrected chi connectivity index (χ4v) is 3.33. The number of rotatable bonds is 9. The van der Waals surface area contributed by atoms with Crippen LogP contribution in [-0.2, 0) is 6.42 Å². The van der Waals surface area contributed by atoms with E-state index in [4.69, 9.17) is 0 Å². The molecule has 1 heterocycles. The number of carbonyl (C=O) groups is 2. The van der Waals surface area contributed by atoms with Crippen molar-refractivity contribution in [2.45, 2.75) is 26.2 Å². The molecule has 0 bridgehead atoms. The van der Waals surface area contributed by atoms with Crippen LogP contribution in [0.5, 0.6) is 0 Å². The summed E-state index contributed by atoms with van der Waals surface area (Å²) in [6, 6.07) is 17.3. The average molecular weight is 393 g/mol. The van der Waals surface area contributed by atoms with Gasteiger partial charge in [-0.1, -0.05) is 42.5 Å². The van der Waals surface area contributed by atoms with Crippen LogP contribution in [0.15, 0.2) is 59.6 Å². The van der Waals surface area contributed by atoms with Crippen LogP contribution in [0.25, 0.3) is 0 Å². The minimum atomic E-state index is -0.190. The molecule has 6 heteroatoms. The van der Waals surface area contributed by atoms with E-state index in [2.05, 4.69) is 27.8 Å². The molecule has 0 unspecified atom stereocenters. The van der Waals surface area contributed by atoms with E-state index in [1.807, 2.05) is 25.1 Å². The summed E-state index contributed by atoms with van der Waals surface area (Å²) in [4.78, 5) is 30.7. The summed E-state index contributed by atoms with van der Waals surface area (Å²) in [6.45, 7) is 4.72. The second-order valence-electron chi connectivity index (χ2n) is 6.94. The van der Waals surface area contributed by atoms with Crippen molar-refractivity contribution in [1.29, 1.82) is 0 Å². The fraction of sp³-hybridized carbons (Fsp3) is 0.348. The van der Waals surface area contributed by atoms with Crippen molar-refractivity contribution < 1.29 is 9.59 Å². The fourth-order valence-electron chi connectivity index (χ4n) is 3.33. The first kappa shape index (κ1) is 20.6. The number of nitrogens with zero attached hydrogens (tertiary/aromatic N) is 2. The number of nitrogens with one attached hydrogen (secondary N) is 2. The Kier molecular flexibility index (Phi) is 7.39. The average Bonchev–Trinajstić information content (AvgIpc) is 2.99. The lowest BCUT2D eigenvalue weighted by atomic mass is 10.1. The summed E-state index contributed by atoms with van der Waals surface area (Å²) in [5.41, 5.74) is 2.30.